The second kappa shape index (κ2) is 4.18. The summed E-state index contributed by atoms with van der Waals surface area (Å²) < 4.78 is 39.8. The summed E-state index contributed by atoms with van der Waals surface area (Å²) >= 11 is 5.68. The second-order valence-corrected chi connectivity index (χ2v) is 3.68. The molecule has 0 unspecified atom stereocenters. The molecule has 2 aromatic carbocycles. The molecule has 0 saturated heterocycles. The van der Waals surface area contributed by atoms with Crippen LogP contribution < -0.4 is 0 Å². The molecule has 0 saturated carbocycles. The molecule has 0 atom stereocenters. The predicted octanol–water partition coefficient (Wildman–Crippen LogP) is 4.42. The minimum atomic E-state index is -0.692. The molecule has 2 aromatic rings. The minimum absolute atomic E-state index is 0.0514. The zero-order valence-corrected chi connectivity index (χ0v) is 8.73. The largest absolute Gasteiger partial charge is 0.207 e. The first-order valence-electron chi connectivity index (χ1n) is 4.48. The Balaban J connectivity index is 2.66. The monoisotopic (exact) mass is 242 g/mol. The summed E-state index contributed by atoms with van der Waals surface area (Å²) in [5.74, 6) is -1.97. The van der Waals surface area contributed by atoms with Crippen molar-refractivity contribution >= 4 is 11.6 Å². The van der Waals surface area contributed by atoms with Crippen LogP contribution in [-0.4, -0.2) is 0 Å². The number of hydrogen-bond donors (Lipinski definition) is 0. The first kappa shape index (κ1) is 11.0. The zero-order chi connectivity index (χ0) is 11.7. The average Bonchev–Trinajstić information content (AvgIpc) is 2.25. The summed E-state index contributed by atoms with van der Waals surface area (Å²) in [6.07, 6.45) is 0. The molecule has 0 aliphatic rings. The van der Waals surface area contributed by atoms with Gasteiger partial charge in [0.15, 0.2) is 0 Å². The highest BCUT2D eigenvalue weighted by Crippen LogP contribution is 2.28. The van der Waals surface area contributed by atoms with Crippen LogP contribution in [0, 0.1) is 17.5 Å². The maximum Gasteiger partial charge on any atom is 0.131 e. The van der Waals surface area contributed by atoms with Crippen LogP contribution in [0.3, 0.4) is 0 Å². The van der Waals surface area contributed by atoms with Gasteiger partial charge < -0.3 is 0 Å². The third-order valence-corrected chi connectivity index (χ3v) is 2.38. The van der Waals surface area contributed by atoms with Gasteiger partial charge >= 0.3 is 0 Å². The molecule has 0 radical (unpaired) electrons. The summed E-state index contributed by atoms with van der Waals surface area (Å²) in [7, 11) is 0. The Hall–Kier alpha value is -1.48. The SMILES string of the molecule is Fc1ccc(F)c(-c2cc(Cl)ccc2F)c1. The van der Waals surface area contributed by atoms with Crippen molar-refractivity contribution in [3.63, 3.8) is 0 Å². The van der Waals surface area contributed by atoms with Crippen molar-refractivity contribution in [1.82, 2.24) is 0 Å². The lowest BCUT2D eigenvalue weighted by Crippen LogP contribution is -1.90. The first-order valence-corrected chi connectivity index (χ1v) is 4.86. The summed E-state index contributed by atoms with van der Waals surface area (Å²) in [6, 6.07) is 6.57. The van der Waals surface area contributed by atoms with E-state index < -0.39 is 17.5 Å². The molecular weight excluding hydrogens is 237 g/mol. The summed E-state index contributed by atoms with van der Waals surface area (Å²) in [5.41, 5.74) is -0.190. The molecule has 0 aromatic heterocycles. The van der Waals surface area contributed by atoms with Crippen LogP contribution in [0.15, 0.2) is 36.4 Å². The topological polar surface area (TPSA) is 0 Å². The maximum absolute atomic E-state index is 13.4. The highest BCUT2D eigenvalue weighted by molar-refractivity contribution is 6.30. The van der Waals surface area contributed by atoms with Gasteiger partial charge in [0.2, 0.25) is 0 Å². The molecule has 16 heavy (non-hydrogen) atoms. The molecule has 0 heterocycles. The normalized spacial score (nSPS) is 10.5. The van der Waals surface area contributed by atoms with Crippen molar-refractivity contribution in [3.05, 3.63) is 58.9 Å². The Kier molecular flexibility index (Phi) is 2.88. The molecule has 82 valence electrons. The van der Waals surface area contributed by atoms with Crippen molar-refractivity contribution in [2.75, 3.05) is 0 Å². The Morgan fingerprint density at radius 1 is 0.750 bits per heavy atom. The lowest BCUT2D eigenvalue weighted by atomic mass is 10.0. The molecule has 0 bridgehead atoms. The highest BCUT2D eigenvalue weighted by Gasteiger charge is 2.11. The second-order valence-electron chi connectivity index (χ2n) is 3.25. The molecule has 0 aliphatic carbocycles. The fourth-order valence-electron chi connectivity index (χ4n) is 1.41. The lowest BCUT2D eigenvalue weighted by molar-refractivity contribution is 0.598. The number of hydrogen-bond acceptors (Lipinski definition) is 0. The molecule has 0 N–H and O–H groups in total. The Morgan fingerprint density at radius 3 is 2.00 bits per heavy atom. The maximum atomic E-state index is 13.4. The quantitative estimate of drug-likeness (QED) is 0.694. The fourth-order valence-corrected chi connectivity index (χ4v) is 1.58. The summed E-state index contributed by atoms with van der Waals surface area (Å²) in [6.45, 7) is 0. The molecule has 0 amide bonds. The Bertz CT molecular complexity index is 488. The van der Waals surface area contributed by atoms with Gasteiger partial charge in [-0.2, -0.15) is 0 Å². The van der Waals surface area contributed by atoms with Gasteiger partial charge in [-0.25, -0.2) is 13.2 Å². The van der Waals surface area contributed by atoms with Crippen LogP contribution >= 0.6 is 11.6 Å². The van der Waals surface area contributed by atoms with Crippen LogP contribution in [0.2, 0.25) is 5.02 Å². The molecule has 0 spiro atoms. The van der Waals surface area contributed by atoms with Crippen LogP contribution in [-0.2, 0) is 0 Å². The number of halogens is 4. The predicted molar refractivity (Wildman–Crippen MR) is 56.8 cm³/mol. The van der Waals surface area contributed by atoms with Gasteiger partial charge in [0, 0.05) is 16.1 Å². The smallest absolute Gasteiger partial charge is 0.131 e. The van der Waals surface area contributed by atoms with Gasteiger partial charge in [0.25, 0.3) is 0 Å². The molecule has 2 rings (SSSR count). The van der Waals surface area contributed by atoms with E-state index in [1.807, 2.05) is 0 Å². The van der Waals surface area contributed by atoms with Gasteiger partial charge in [0.05, 0.1) is 0 Å². The third kappa shape index (κ3) is 2.04. The van der Waals surface area contributed by atoms with Gasteiger partial charge in [-0.05, 0) is 36.4 Å². The average molecular weight is 243 g/mol. The molecule has 0 fully saturated rings. The Morgan fingerprint density at radius 2 is 1.31 bits per heavy atom. The molecular formula is C12H6ClF3. The van der Waals surface area contributed by atoms with Crippen molar-refractivity contribution in [3.8, 4) is 11.1 Å². The minimum Gasteiger partial charge on any atom is -0.207 e. The van der Waals surface area contributed by atoms with E-state index in [1.54, 1.807) is 0 Å². The number of rotatable bonds is 1. The van der Waals surface area contributed by atoms with Crippen LogP contribution in [0.5, 0.6) is 0 Å². The van der Waals surface area contributed by atoms with Crippen molar-refractivity contribution in [1.29, 1.82) is 0 Å². The zero-order valence-electron chi connectivity index (χ0n) is 7.98. The van der Waals surface area contributed by atoms with Crippen molar-refractivity contribution in [2.45, 2.75) is 0 Å². The van der Waals surface area contributed by atoms with E-state index in [-0.39, 0.29) is 16.1 Å². The lowest BCUT2D eigenvalue weighted by Gasteiger charge is -2.05. The number of benzene rings is 2. The van der Waals surface area contributed by atoms with Gasteiger partial charge in [-0.1, -0.05) is 11.6 Å². The van der Waals surface area contributed by atoms with Gasteiger partial charge in [-0.3, -0.25) is 0 Å². The van der Waals surface area contributed by atoms with Crippen LogP contribution in [0.25, 0.3) is 11.1 Å². The van der Waals surface area contributed by atoms with Crippen LogP contribution in [0.1, 0.15) is 0 Å². The van der Waals surface area contributed by atoms with E-state index in [9.17, 15) is 13.2 Å². The van der Waals surface area contributed by atoms with Crippen LogP contribution in [0.4, 0.5) is 13.2 Å². The summed E-state index contributed by atoms with van der Waals surface area (Å²) in [5, 5.41) is 0.264. The standard InChI is InChI=1S/C12H6ClF3/c13-7-1-3-11(15)9(5-7)10-6-8(14)2-4-12(10)16/h1-6H. The van der Waals surface area contributed by atoms with Gasteiger partial charge in [0.1, 0.15) is 17.5 Å². The third-order valence-electron chi connectivity index (χ3n) is 2.15. The summed E-state index contributed by atoms with van der Waals surface area (Å²) in [4.78, 5) is 0. The van der Waals surface area contributed by atoms with Crippen molar-refractivity contribution < 1.29 is 13.2 Å². The molecule has 0 nitrogen and oxygen atoms in total. The van der Waals surface area contributed by atoms with Gasteiger partial charge in [-0.15, -0.1) is 0 Å². The van der Waals surface area contributed by atoms with E-state index in [4.69, 9.17) is 11.6 Å². The molecule has 0 aliphatic heterocycles. The molecule has 4 heteroatoms. The Labute approximate surface area is 95.3 Å². The van der Waals surface area contributed by atoms with E-state index >= 15 is 0 Å². The highest BCUT2D eigenvalue weighted by atomic mass is 35.5. The van der Waals surface area contributed by atoms with Crippen molar-refractivity contribution in [2.24, 2.45) is 0 Å². The van der Waals surface area contributed by atoms with E-state index in [2.05, 4.69) is 0 Å². The van der Waals surface area contributed by atoms with E-state index in [0.717, 1.165) is 24.3 Å². The fraction of sp³-hybridized carbons (Fsp3) is 0. The van der Waals surface area contributed by atoms with E-state index in [0.29, 0.717) is 0 Å². The first-order chi connectivity index (χ1) is 7.58. The van der Waals surface area contributed by atoms with E-state index in [1.165, 1.54) is 12.1 Å².